The molecule has 0 amide bonds. The second-order valence-electron chi connectivity index (χ2n) is 7.59. The summed E-state index contributed by atoms with van der Waals surface area (Å²) in [4.78, 5) is 26.3. The molecule has 0 saturated heterocycles. The maximum absolute atomic E-state index is 9.55. The van der Waals surface area contributed by atoms with Crippen molar-refractivity contribution in [3.05, 3.63) is 83.7 Å². The molecule has 2 N–H and O–H groups in total. The van der Waals surface area contributed by atoms with Crippen LogP contribution >= 0.6 is 0 Å². The van der Waals surface area contributed by atoms with Crippen LogP contribution in [0.1, 0.15) is 22.4 Å². The van der Waals surface area contributed by atoms with E-state index in [0.717, 1.165) is 31.9 Å². The average Bonchev–Trinajstić information content (AvgIpc) is 3.03. The van der Waals surface area contributed by atoms with Crippen molar-refractivity contribution in [2.75, 3.05) is 11.4 Å². The van der Waals surface area contributed by atoms with Gasteiger partial charge in [0.15, 0.2) is 5.82 Å². The molecular weight excluding hydrogens is 406 g/mol. The first-order valence-corrected chi connectivity index (χ1v) is 10.3. The first kappa shape index (κ1) is 22.8. The lowest BCUT2D eigenvalue weighted by molar-refractivity contribution is -0.134. The lowest BCUT2D eigenvalue weighted by atomic mass is 10.00. The number of allylic oxidation sites excluding steroid dienone is 1. The number of rotatable bonds is 5. The average molecular weight is 434 g/mol. The van der Waals surface area contributed by atoms with E-state index < -0.39 is 11.9 Å². The molecule has 0 saturated carbocycles. The molecule has 0 fully saturated rings. The fourth-order valence-electron chi connectivity index (χ4n) is 3.98. The summed E-state index contributed by atoms with van der Waals surface area (Å²) >= 11 is 0. The van der Waals surface area contributed by atoms with Crippen molar-refractivity contribution in [2.24, 2.45) is 0 Å². The summed E-state index contributed by atoms with van der Waals surface area (Å²) in [5.41, 5.74) is 6.77. The van der Waals surface area contributed by atoms with Crippen molar-refractivity contribution < 1.29 is 19.8 Å². The van der Waals surface area contributed by atoms with Crippen LogP contribution in [0.15, 0.2) is 61.3 Å². The summed E-state index contributed by atoms with van der Waals surface area (Å²) in [6, 6.07) is 10.9. The smallest absolute Gasteiger partial charge is 0.328 e. The molecule has 32 heavy (non-hydrogen) atoms. The van der Waals surface area contributed by atoms with Crippen LogP contribution in [0.25, 0.3) is 10.9 Å². The van der Waals surface area contributed by atoms with Crippen LogP contribution in [0, 0.1) is 13.8 Å². The quantitative estimate of drug-likeness (QED) is 0.464. The van der Waals surface area contributed by atoms with Crippen molar-refractivity contribution in [3.63, 3.8) is 0 Å². The zero-order valence-electron chi connectivity index (χ0n) is 18.3. The zero-order chi connectivity index (χ0) is 23.3. The summed E-state index contributed by atoms with van der Waals surface area (Å²) < 4.78 is 2.35. The summed E-state index contributed by atoms with van der Waals surface area (Å²) in [5, 5.41) is 16.9. The predicted molar refractivity (Wildman–Crippen MR) is 125 cm³/mol. The highest BCUT2D eigenvalue weighted by molar-refractivity contribution is 5.93. The molecule has 1 aliphatic heterocycles. The summed E-state index contributed by atoms with van der Waals surface area (Å²) in [5.74, 6) is -1.42. The Balaban J connectivity index is 0.000000312. The van der Waals surface area contributed by atoms with Gasteiger partial charge in [0.25, 0.3) is 0 Å². The highest BCUT2D eigenvalue weighted by Gasteiger charge is 2.22. The second-order valence-corrected chi connectivity index (χ2v) is 7.59. The molecule has 0 bridgehead atoms. The number of anilines is 1. The molecule has 0 unspecified atom stereocenters. The third-order valence-corrected chi connectivity index (χ3v) is 5.64. The minimum absolute atomic E-state index is 0.558. The topological polar surface area (TPSA) is 95.7 Å². The SMILES string of the molecule is C=CCn1c(C)c(C)c2ccnc(N3CCc4ccccc4C3)c21.O=C(O)/C=C\C(=O)O. The van der Waals surface area contributed by atoms with Crippen molar-refractivity contribution in [1.82, 2.24) is 9.55 Å². The number of hydrogen-bond acceptors (Lipinski definition) is 4. The maximum Gasteiger partial charge on any atom is 0.328 e. The number of aryl methyl sites for hydroxylation is 1. The Bertz CT molecular complexity index is 1180. The van der Waals surface area contributed by atoms with Gasteiger partial charge in [-0.05, 0) is 43.0 Å². The minimum atomic E-state index is -1.26. The number of benzene rings is 1. The van der Waals surface area contributed by atoms with E-state index >= 15 is 0 Å². The van der Waals surface area contributed by atoms with Crippen molar-refractivity contribution in [2.45, 2.75) is 33.4 Å². The molecule has 2 aromatic heterocycles. The summed E-state index contributed by atoms with van der Waals surface area (Å²) in [6.07, 6.45) is 6.11. The number of carboxylic acid groups (broad SMARTS) is 2. The zero-order valence-corrected chi connectivity index (χ0v) is 18.3. The predicted octanol–water partition coefficient (Wildman–Crippen LogP) is 4.11. The van der Waals surface area contributed by atoms with Crippen LogP contribution in [-0.4, -0.2) is 38.2 Å². The van der Waals surface area contributed by atoms with E-state index in [1.165, 1.54) is 33.3 Å². The minimum Gasteiger partial charge on any atom is -0.478 e. The van der Waals surface area contributed by atoms with E-state index in [1.807, 2.05) is 12.3 Å². The van der Waals surface area contributed by atoms with Gasteiger partial charge in [-0.3, -0.25) is 0 Å². The van der Waals surface area contributed by atoms with E-state index in [-0.39, 0.29) is 0 Å². The summed E-state index contributed by atoms with van der Waals surface area (Å²) in [7, 11) is 0. The fraction of sp³-hybridized carbons (Fsp3) is 0.240. The van der Waals surface area contributed by atoms with Crippen molar-refractivity contribution in [1.29, 1.82) is 0 Å². The van der Waals surface area contributed by atoms with Gasteiger partial charge in [-0.15, -0.1) is 6.58 Å². The van der Waals surface area contributed by atoms with Gasteiger partial charge >= 0.3 is 11.9 Å². The number of hydrogen-bond donors (Lipinski definition) is 2. The highest BCUT2D eigenvalue weighted by Crippen LogP contribution is 2.33. The molecule has 3 aromatic rings. The van der Waals surface area contributed by atoms with Crippen LogP contribution in [0.5, 0.6) is 0 Å². The molecule has 166 valence electrons. The molecule has 7 nitrogen and oxygen atoms in total. The molecule has 1 aromatic carbocycles. The Labute approximate surface area is 186 Å². The van der Waals surface area contributed by atoms with E-state index in [2.05, 4.69) is 60.2 Å². The van der Waals surface area contributed by atoms with E-state index in [4.69, 9.17) is 15.2 Å². The Kier molecular flexibility index (Phi) is 7.10. The van der Waals surface area contributed by atoms with E-state index in [0.29, 0.717) is 12.2 Å². The number of pyridine rings is 1. The first-order chi connectivity index (χ1) is 15.3. The molecule has 0 aliphatic carbocycles. The van der Waals surface area contributed by atoms with Crippen LogP contribution in [0.2, 0.25) is 0 Å². The van der Waals surface area contributed by atoms with Gasteiger partial charge in [0.2, 0.25) is 0 Å². The lowest BCUT2D eigenvalue weighted by Gasteiger charge is -2.30. The standard InChI is InChI=1S/C21H23N3.C4H4O4/c1-4-12-24-16(3)15(2)19-9-11-22-21(20(19)24)23-13-10-17-7-5-6-8-18(17)14-23;5-3(6)1-2-4(7)8/h4-9,11H,1,10,12-14H2,2-3H3;1-2H,(H,5,6)(H,7,8)/b;2-1-. The second kappa shape index (κ2) is 9.96. The van der Waals surface area contributed by atoms with Gasteiger partial charge < -0.3 is 19.7 Å². The third kappa shape index (κ3) is 4.88. The normalized spacial score (nSPS) is 12.9. The number of carboxylic acids is 2. The number of carbonyl (C=O) groups is 2. The molecule has 3 heterocycles. The Morgan fingerprint density at radius 3 is 2.38 bits per heavy atom. The number of aromatic nitrogens is 2. The van der Waals surface area contributed by atoms with Crippen LogP contribution < -0.4 is 4.90 Å². The van der Waals surface area contributed by atoms with Gasteiger partial charge in [0, 0.05) is 49.1 Å². The van der Waals surface area contributed by atoms with Gasteiger partial charge in [-0.1, -0.05) is 30.3 Å². The monoisotopic (exact) mass is 433 g/mol. The Morgan fingerprint density at radius 1 is 1.09 bits per heavy atom. The van der Waals surface area contributed by atoms with Crippen molar-refractivity contribution in [3.8, 4) is 0 Å². The van der Waals surface area contributed by atoms with Crippen LogP contribution in [0.3, 0.4) is 0 Å². The van der Waals surface area contributed by atoms with Gasteiger partial charge in [-0.25, -0.2) is 14.6 Å². The molecule has 0 atom stereocenters. The molecule has 0 radical (unpaired) electrons. The first-order valence-electron chi connectivity index (χ1n) is 10.3. The van der Waals surface area contributed by atoms with Gasteiger partial charge in [-0.2, -0.15) is 0 Å². The molecule has 0 spiro atoms. The fourth-order valence-corrected chi connectivity index (χ4v) is 3.98. The van der Waals surface area contributed by atoms with E-state index in [1.54, 1.807) is 0 Å². The number of aliphatic carboxylic acids is 2. The molecular formula is C25H27N3O4. The van der Waals surface area contributed by atoms with E-state index in [9.17, 15) is 9.59 Å². The third-order valence-electron chi connectivity index (χ3n) is 5.64. The van der Waals surface area contributed by atoms with Crippen LogP contribution in [-0.2, 0) is 29.1 Å². The lowest BCUT2D eigenvalue weighted by Crippen LogP contribution is -2.31. The van der Waals surface area contributed by atoms with Crippen molar-refractivity contribution >= 4 is 28.7 Å². The Morgan fingerprint density at radius 2 is 1.75 bits per heavy atom. The molecule has 7 heteroatoms. The highest BCUT2D eigenvalue weighted by atomic mass is 16.4. The maximum atomic E-state index is 9.55. The van der Waals surface area contributed by atoms with Crippen LogP contribution in [0.4, 0.5) is 5.82 Å². The molecule has 4 rings (SSSR count). The van der Waals surface area contributed by atoms with Gasteiger partial charge in [0.05, 0.1) is 5.52 Å². The number of fused-ring (bicyclic) bond motifs is 2. The summed E-state index contributed by atoms with van der Waals surface area (Å²) in [6.45, 7) is 11.1. The Hall–Kier alpha value is -3.87. The van der Waals surface area contributed by atoms with Gasteiger partial charge in [0.1, 0.15) is 0 Å². The number of nitrogens with zero attached hydrogens (tertiary/aromatic N) is 3. The molecule has 1 aliphatic rings. The largest absolute Gasteiger partial charge is 0.478 e.